The number of alkyl halides is 3. The fourth-order valence-electron chi connectivity index (χ4n) is 5.16. The molecule has 1 fully saturated rings. The number of carbonyl (C=O) groups excluding carboxylic acids is 3. The Hall–Kier alpha value is -5.92. The molecule has 1 aliphatic carbocycles. The molecule has 0 aliphatic heterocycles. The normalized spacial score (nSPS) is 14.2. The van der Waals surface area contributed by atoms with Gasteiger partial charge in [0.15, 0.2) is 0 Å². The van der Waals surface area contributed by atoms with Crippen molar-refractivity contribution < 1.29 is 49.5 Å². The van der Waals surface area contributed by atoms with E-state index >= 15 is 8.78 Å². The molecule has 2 heterocycles. The molecular formula is C34H31F5N6O8S. The van der Waals surface area contributed by atoms with E-state index in [1.165, 1.54) is 45.4 Å². The molecule has 1 saturated carbocycles. The van der Waals surface area contributed by atoms with E-state index in [4.69, 9.17) is 4.74 Å². The number of hydrogen-bond acceptors (Lipinski definition) is 9. The lowest BCUT2D eigenvalue weighted by Crippen LogP contribution is -2.44. The number of ether oxygens (including phenoxy) is 1. The zero-order chi connectivity index (χ0) is 39.7. The molecule has 1 atom stereocenters. The molecule has 5 rings (SSSR count). The molecule has 20 heteroatoms. The van der Waals surface area contributed by atoms with Gasteiger partial charge in [-0.15, -0.1) is 0 Å². The van der Waals surface area contributed by atoms with E-state index in [9.17, 15) is 45.6 Å². The van der Waals surface area contributed by atoms with Crippen LogP contribution in [0.25, 0.3) is 5.82 Å². The fraction of sp³-hybridized carbons (Fsp3) is 0.294. The molecule has 286 valence electrons. The van der Waals surface area contributed by atoms with Gasteiger partial charge in [0.1, 0.15) is 28.9 Å². The predicted octanol–water partition coefficient (Wildman–Crippen LogP) is 3.58. The average molecular weight is 779 g/mol. The number of benzene rings is 2. The van der Waals surface area contributed by atoms with Gasteiger partial charge in [-0.05, 0) is 68.7 Å². The zero-order valence-corrected chi connectivity index (χ0v) is 29.3. The summed E-state index contributed by atoms with van der Waals surface area (Å²) >= 11 is 0. The van der Waals surface area contributed by atoms with Gasteiger partial charge in [0.05, 0.1) is 22.3 Å². The van der Waals surface area contributed by atoms with Crippen molar-refractivity contribution in [3.63, 3.8) is 0 Å². The molecule has 2 aromatic heterocycles. The van der Waals surface area contributed by atoms with Crippen LogP contribution in [-0.2, 0) is 37.8 Å². The van der Waals surface area contributed by atoms with Gasteiger partial charge in [0, 0.05) is 43.7 Å². The highest BCUT2D eigenvalue weighted by Gasteiger charge is 2.68. The molecule has 0 saturated heterocycles. The predicted molar refractivity (Wildman–Crippen MR) is 181 cm³/mol. The van der Waals surface area contributed by atoms with Crippen molar-refractivity contribution in [3.8, 4) is 5.82 Å². The third-order valence-electron chi connectivity index (χ3n) is 8.27. The molecule has 3 N–H and O–H groups in total. The summed E-state index contributed by atoms with van der Waals surface area (Å²) in [6, 6.07) is 7.09. The Bertz CT molecular complexity index is 2340. The number of halogens is 5. The van der Waals surface area contributed by atoms with Crippen molar-refractivity contribution in [2.75, 3.05) is 10.0 Å². The maximum absolute atomic E-state index is 15.2. The first-order valence-corrected chi connectivity index (χ1v) is 17.5. The number of hydrogen-bond donors (Lipinski definition) is 3. The van der Waals surface area contributed by atoms with Crippen LogP contribution in [-0.4, -0.2) is 58.6 Å². The summed E-state index contributed by atoms with van der Waals surface area (Å²) in [4.78, 5) is 66.6. The first-order valence-electron chi connectivity index (χ1n) is 16.0. The third-order valence-corrected chi connectivity index (χ3v) is 9.65. The topological polar surface area (TPSA) is 188 Å². The van der Waals surface area contributed by atoms with Crippen LogP contribution in [0.5, 0.6) is 0 Å². The number of esters is 1. The number of rotatable bonds is 12. The summed E-state index contributed by atoms with van der Waals surface area (Å²) in [6.07, 6.45) is -3.93. The van der Waals surface area contributed by atoms with E-state index in [1.807, 2.05) is 4.72 Å². The summed E-state index contributed by atoms with van der Waals surface area (Å²) in [5, 5.41) is 4.37. The van der Waals surface area contributed by atoms with E-state index in [2.05, 4.69) is 15.6 Å². The number of nitrogens with zero attached hydrogens (tertiary/aromatic N) is 3. The number of anilines is 2. The second kappa shape index (κ2) is 14.8. The second-order valence-electron chi connectivity index (χ2n) is 12.6. The number of carbonyl (C=O) groups is 3. The first-order chi connectivity index (χ1) is 25.2. The summed E-state index contributed by atoms with van der Waals surface area (Å²) < 4.78 is 105. The molecule has 0 radical (unpaired) electrons. The third kappa shape index (κ3) is 8.32. The number of sulfonamides is 1. The van der Waals surface area contributed by atoms with Crippen LogP contribution in [0.3, 0.4) is 0 Å². The van der Waals surface area contributed by atoms with E-state index in [0.717, 1.165) is 39.5 Å². The highest BCUT2D eigenvalue weighted by atomic mass is 32.2. The van der Waals surface area contributed by atoms with Gasteiger partial charge in [-0.1, -0.05) is 6.07 Å². The Morgan fingerprint density at radius 2 is 1.65 bits per heavy atom. The molecule has 2 amide bonds. The molecular weight excluding hydrogens is 747 g/mol. The Labute approximate surface area is 303 Å². The van der Waals surface area contributed by atoms with Crippen LogP contribution in [0.2, 0.25) is 0 Å². The number of amides is 2. The number of aromatic nitrogens is 3. The largest absolute Gasteiger partial charge is 0.461 e. The molecule has 0 spiro atoms. The molecule has 14 nitrogen and oxygen atoms in total. The minimum Gasteiger partial charge on any atom is -0.461 e. The van der Waals surface area contributed by atoms with E-state index in [1.54, 1.807) is 0 Å². The fourth-order valence-corrected chi connectivity index (χ4v) is 6.22. The van der Waals surface area contributed by atoms with E-state index < -0.39 is 90.6 Å². The van der Waals surface area contributed by atoms with Crippen molar-refractivity contribution in [1.29, 1.82) is 0 Å². The standard InChI is InChI=1S/C34H31F5N6O8S/c1-18(2)53-30(48)26(14-19-4-9-27(40-17-19)45-28(46)10-13-44(3)32(45)50)42-29(47)22-15-24(36)25(16-23(22)35)43-54(51,52)21-7-5-20(6-8-21)41-31(49)33(11-12-33)34(37,38)39/h4-10,13,15-18,26,43H,11-12,14H2,1-3H3,(H,41,49)(H,42,47)/t26-/m0/s1. The summed E-state index contributed by atoms with van der Waals surface area (Å²) in [7, 11) is -3.19. The maximum Gasteiger partial charge on any atom is 0.403 e. The Balaban J connectivity index is 1.30. The smallest absolute Gasteiger partial charge is 0.403 e. The van der Waals surface area contributed by atoms with Gasteiger partial charge in [0.2, 0.25) is 5.91 Å². The van der Waals surface area contributed by atoms with Gasteiger partial charge in [-0.2, -0.15) is 13.2 Å². The van der Waals surface area contributed by atoms with Crippen LogP contribution >= 0.6 is 0 Å². The minimum atomic E-state index is -4.76. The van der Waals surface area contributed by atoms with Gasteiger partial charge >= 0.3 is 17.8 Å². The van der Waals surface area contributed by atoms with Gasteiger partial charge in [-0.3, -0.25) is 19.1 Å². The number of aryl methyl sites for hydroxylation is 1. The monoisotopic (exact) mass is 778 g/mol. The lowest BCUT2D eigenvalue weighted by Gasteiger charge is -2.20. The molecule has 54 heavy (non-hydrogen) atoms. The van der Waals surface area contributed by atoms with E-state index in [0.29, 0.717) is 17.7 Å². The maximum atomic E-state index is 15.2. The van der Waals surface area contributed by atoms with Crippen LogP contribution in [0, 0.1) is 17.0 Å². The average Bonchev–Trinajstić information content (AvgIpc) is 3.91. The van der Waals surface area contributed by atoms with Gasteiger partial charge in [0.25, 0.3) is 21.5 Å². The minimum absolute atomic E-state index is 0.0275. The van der Waals surface area contributed by atoms with Crippen LogP contribution in [0.1, 0.15) is 42.6 Å². The van der Waals surface area contributed by atoms with E-state index in [-0.39, 0.29) is 30.8 Å². The Morgan fingerprint density at radius 3 is 2.22 bits per heavy atom. The Kier molecular flexibility index (Phi) is 10.8. The zero-order valence-electron chi connectivity index (χ0n) is 28.5. The summed E-state index contributed by atoms with van der Waals surface area (Å²) in [5.41, 5.74) is -5.46. The highest BCUT2D eigenvalue weighted by molar-refractivity contribution is 7.92. The van der Waals surface area contributed by atoms with Gasteiger partial charge < -0.3 is 19.9 Å². The SMILES string of the molecule is CC(C)OC(=O)[C@H](Cc1ccc(-n2c(=O)ccn(C)c2=O)nc1)NC(=O)c1cc(F)c(NS(=O)(=O)c2ccc(NC(=O)C3(C(F)(F)F)CC3)cc2)cc1F. The number of nitrogens with one attached hydrogen (secondary N) is 3. The molecule has 4 aromatic rings. The molecule has 1 aliphatic rings. The lowest BCUT2D eigenvalue weighted by molar-refractivity contribution is -0.189. The van der Waals surface area contributed by atoms with Crippen molar-refractivity contribution in [1.82, 2.24) is 19.4 Å². The molecule has 2 aromatic carbocycles. The molecule has 0 unspecified atom stereocenters. The lowest BCUT2D eigenvalue weighted by atomic mass is 10.1. The molecule has 0 bridgehead atoms. The quantitative estimate of drug-likeness (QED) is 0.143. The van der Waals surface area contributed by atoms with Crippen LogP contribution in [0.4, 0.5) is 33.3 Å². The summed E-state index contributed by atoms with van der Waals surface area (Å²) in [5.74, 6) is -6.32. The second-order valence-corrected chi connectivity index (χ2v) is 14.3. The first kappa shape index (κ1) is 39.3. The number of pyridine rings is 1. The van der Waals surface area contributed by atoms with Crippen molar-refractivity contribution in [2.45, 2.75) is 56.3 Å². The highest BCUT2D eigenvalue weighted by Crippen LogP contribution is 2.58. The van der Waals surface area contributed by atoms with Gasteiger partial charge in [-0.25, -0.2) is 36.3 Å². The summed E-state index contributed by atoms with van der Waals surface area (Å²) in [6.45, 7) is 3.07. The van der Waals surface area contributed by atoms with Crippen molar-refractivity contribution >= 4 is 39.2 Å². The van der Waals surface area contributed by atoms with Crippen molar-refractivity contribution in [2.24, 2.45) is 12.5 Å². The van der Waals surface area contributed by atoms with Crippen LogP contribution in [0.15, 0.2) is 81.5 Å². The van der Waals surface area contributed by atoms with Crippen LogP contribution < -0.4 is 26.6 Å². The Morgan fingerprint density at radius 1 is 0.981 bits per heavy atom. The van der Waals surface area contributed by atoms with Crippen molar-refractivity contribution in [3.05, 3.63) is 111 Å².